The van der Waals surface area contributed by atoms with Gasteiger partial charge in [0.05, 0.1) is 11.0 Å². The van der Waals surface area contributed by atoms with Gasteiger partial charge in [0, 0.05) is 12.1 Å². The van der Waals surface area contributed by atoms with Crippen LogP contribution in [0.5, 0.6) is 5.75 Å². The number of rotatable bonds is 6. The van der Waals surface area contributed by atoms with Crippen LogP contribution < -0.4 is 10.1 Å². The lowest BCUT2D eigenvalue weighted by atomic mass is 9.90. The van der Waals surface area contributed by atoms with E-state index in [4.69, 9.17) is 10.00 Å². The van der Waals surface area contributed by atoms with E-state index >= 15 is 0 Å². The van der Waals surface area contributed by atoms with Crippen molar-refractivity contribution in [1.82, 2.24) is 5.32 Å². The minimum atomic E-state index is -0.967. The number of carbonyl (C=O) groups is 1. The third kappa shape index (κ3) is 4.19. The predicted molar refractivity (Wildman–Crippen MR) is 80.3 cm³/mol. The summed E-state index contributed by atoms with van der Waals surface area (Å²) in [6, 6.07) is 6.22. The quantitative estimate of drug-likeness (QED) is 0.641. The normalized spacial score (nSPS) is 13.1. The molecule has 1 aromatic carbocycles. The van der Waals surface area contributed by atoms with Crippen molar-refractivity contribution in [2.24, 2.45) is 5.92 Å². The van der Waals surface area contributed by atoms with Crippen molar-refractivity contribution in [3.05, 3.63) is 33.9 Å². The van der Waals surface area contributed by atoms with Crippen LogP contribution in [0.3, 0.4) is 0 Å². The maximum absolute atomic E-state index is 11.9. The minimum absolute atomic E-state index is 0.0360. The summed E-state index contributed by atoms with van der Waals surface area (Å²) in [5, 5.41) is 22.4. The number of non-ortho nitro benzene ring substituents is 1. The third-order valence-corrected chi connectivity index (χ3v) is 3.51. The standard InChI is InChI=1S/C15H19N3O4/c1-10(2)15(4,9-16)17-14(19)8-22-13-6-5-12(18(20)21)7-11(13)3/h5-7,10H,8H2,1-4H3,(H,17,19)/t15-/m1/s1. The number of nitro benzene ring substituents is 1. The van der Waals surface area contributed by atoms with Crippen LogP contribution in [0.4, 0.5) is 5.69 Å². The fourth-order valence-electron chi connectivity index (χ4n) is 1.68. The molecule has 0 aromatic heterocycles. The lowest BCUT2D eigenvalue weighted by molar-refractivity contribution is -0.384. The Morgan fingerprint density at radius 1 is 1.55 bits per heavy atom. The van der Waals surface area contributed by atoms with Crippen LogP contribution in [0.25, 0.3) is 0 Å². The van der Waals surface area contributed by atoms with Gasteiger partial charge < -0.3 is 10.1 Å². The molecule has 0 heterocycles. The van der Waals surface area contributed by atoms with Crippen molar-refractivity contribution in [1.29, 1.82) is 5.26 Å². The average molecular weight is 305 g/mol. The number of nitriles is 1. The van der Waals surface area contributed by atoms with Crippen molar-refractivity contribution in [3.63, 3.8) is 0 Å². The number of aryl methyl sites for hydroxylation is 1. The lowest BCUT2D eigenvalue weighted by Crippen LogP contribution is -2.50. The van der Waals surface area contributed by atoms with Gasteiger partial charge in [-0.25, -0.2) is 0 Å². The SMILES string of the molecule is Cc1cc([N+](=O)[O-])ccc1OCC(=O)N[C@](C)(C#N)C(C)C. The van der Waals surface area contributed by atoms with E-state index in [1.807, 2.05) is 13.8 Å². The van der Waals surface area contributed by atoms with Gasteiger partial charge in [-0.15, -0.1) is 0 Å². The van der Waals surface area contributed by atoms with Gasteiger partial charge >= 0.3 is 0 Å². The fraction of sp³-hybridized carbons (Fsp3) is 0.467. The molecule has 0 aliphatic carbocycles. The average Bonchev–Trinajstić information content (AvgIpc) is 2.45. The fourth-order valence-corrected chi connectivity index (χ4v) is 1.68. The highest BCUT2D eigenvalue weighted by Crippen LogP contribution is 2.23. The van der Waals surface area contributed by atoms with Crippen LogP contribution in [-0.4, -0.2) is 23.0 Å². The van der Waals surface area contributed by atoms with Gasteiger partial charge in [-0.05, 0) is 31.4 Å². The molecule has 0 saturated heterocycles. The Kier molecular flexibility index (Phi) is 5.46. The topological polar surface area (TPSA) is 105 Å². The molecule has 1 aromatic rings. The van der Waals surface area contributed by atoms with Crippen LogP contribution in [0.1, 0.15) is 26.3 Å². The molecule has 22 heavy (non-hydrogen) atoms. The first-order chi connectivity index (χ1) is 10.2. The minimum Gasteiger partial charge on any atom is -0.483 e. The summed E-state index contributed by atoms with van der Waals surface area (Å²) in [7, 11) is 0. The van der Waals surface area contributed by atoms with E-state index in [2.05, 4.69) is 11.4 Å². The molecule has 118 valence electrons. The first-order valence-corrected chi connectivity index (χ1v) is 6.79. The summed E-state index contributed by atoms with van der Waals surface area (Å²) in [6.07, 6.45) is 0. The van der Waals surface area contributed by atoms with E-state index < -0.39 is 16.4 Å². The van der Waals surface area contributed by atoms with Crippen LogP contribution in [0.15, 0.2) is 18.2 Å². The Morgan fingerprint density at radius 3 is 2.64 bits per heavy atom. The van der Waals surface area contributed by atoms with Crippen LogP contribution in [0.2, 0.25) is 0 Å². The second kappa shape index (κ2) is 6.89. The number of amides is 1. The zero-order valence-electron chi connectivity index (χ0n) is 13.0. The second-order valence-corrected chi connectivity index (χ2v) is 5.51. The molecule has 0 fully saturated rings. The van der Waals surface area contributed by atoms with E-state index in [0.29, 0.717) is 11.3 Å². The number of nitrogens with one attached hydrogen (secondary N) is 1. The molecule has 7 heteroatoms. The summed E-state index contributed by atoms with van der Waals surface area (Å²) in [4.78, 5) is 22.0. The number of hydrogen-bond acceptors (Lipinski definition) is 5. The van der Waals surface area contributed by atoms with Crippen molar-refractivity contribution < 1.29 is 14.5 Å². The molecule has 1 atom stereocenters. The van der Waals surface area contributed by atoms with Gasteiger partial charge in [0.15, 0.2) is 6.61 Å². The number of carbonyl (C=O) groups excluding carboxylic acids is 1. The molecule has 0 bridgehead atoms. The van der Waals surface area contributed by atoms with Gasteiger partial charge in [0.1, 0.15) is 11.3 Å². The van der Waals surface area contributed by atoms with Crippen molar-refractivity contribution >= 4 is 11.6 Å². The van der Waals surface area contributed by atoms with E-state index in [-0.39, 0.29) is 18.2 Å². The van der Waals surface area contributed by atoms with Crippen molar-refractivity contribution in [3.8, 4) is 11.8 Å². The summed E-state index contributed by atoms with van der Waals surface area (Å²) in [5.41, 5.74) is -0.439. The second-order valence-electron chi connectivity index (χ2n) is 5.51. The van der Waals surface area contributed by atoms with Crippen molar-refractivity contribution in [2.75, 3.05) is 6.61 Å². The smallest absolute Gasteiger partial charge is 0.269 e. The first-order valence-electron chi connectivity index (χ1n) is 6.79. The number of nitro groups is 1. The Bertz CT molecular complexity index is 622. The third-order valence-electron chi connectivity index (χ3n) is 3.51. The number of ether oxygens (including phenoxy) is 1. The predicted octanol–water partition coefficient (Wildman–Crippen LogP) is 2.34. The van der Waals surface area contributed by atoms with Gasteiger partial charge in [0.25, 0.3) is 11.6 Å². The van der Waals surface area contributed by atoms with Crippen LogP contribution >= 0.6 is 0 Å². The number of nitrogens with zero attached hydrogens (tertiary/aromatic N) is 2. The zero-order chi connectivity index (χ0) is 16.9. The molecule has 0 spiro atoms. The molecule has 0 aliphatic rings. The lowest BCUT2D eigenvalue weighted by Gasteiger charge is -2.27. The monoisotopic (exact) mass is 305 g/mol. The Hall–Kier alpha value is -2.62. The maximum Gasteiger partial charge on any atom is 0.269 e. The van der Waals surface area contributed by atoms with Crippen LogP contribution in [-0.2, 0) is 4.79 Å². The molecule has 7 nitrogen and oxygen atoms in total. The van der Waals surface area contributed by atoms with E-state index in [9.17, 15) is 14.9 Å². The number of hydrogen-bond donors (Lipinski definition) is 1. The highest BCUT2D eigenvalue weighted by atomic mass is 16.6. The molecule has 0 unspecified atom stereocenters. The largest absolute Gasteiger partial charge is 0.483 e. The van der Waals surface area contributed by atoms with Gasteiger partial charge in [-0.3, -0.25) is 14.9 Å². The molecule has 0 radical (unpaired) electrons. The zero-order valence-corrected chi connectivity index (χ0v) is 13.0. The summed E-state index contributed by atoms with van der Waals surface area (Å²) in [5.74, 6) is -0.0815. The Balaban J connectivity index is 2.69. The Labute approximate surface area is 129 Å². The molecular formula is C15H19N3O4. The maximum atomic E-state index is 11.9. The summed E-state index contributed by atoms with van der Waals surface area (Å²) < 4.78 is 5.36. The molecule has 1 rings (SSSR count). The molecule has 0 aliphatic heterocycles. The van der Waals surface area contributed by atoms with E-state index in [0.717, 1.165) is 0 Å². The van der Waals surface area contributed by atoms with Gasteiger partial charge in [-0.1, -0.05) is 13.8 Å². The molecular weight excluding hydrogens is 286 g/mol. The highest BCUT2D eigenvalue weighted by Gasteiger charge is 2.30. The van der Waals surface area contributed by atoms with E-state index in [1.165, 1.54) is 18.2 Å². The summed E-state index contributed by atoms with van der Waals surface area (Å²) in [6.45, 7) is 6.72. The van der Waals surface area contributed by atoms with Gasteiger partial charge in [-0.2, -0.15) is 5.26 Å². The highest BCUT2D eigenvalue weighted by molar-refractivity contribution is 5.78. The first kappa shape index (κ1) is 17.4. The molecule has 1 N–H and O–H groups in total. The van der Waals surface area contributed by atoms with E-state index in [1.54, 1.807) is 13.8 Å². The van der Waals surface area contributed by atoms with Crippen molar-refractivity contribution in [2.45, 2.75) is 33.2 Å². The number of benzene rings is 1. The molecule has 0 saturated carbocycles. The Morgan fingerprint density at radius 2 is 2.18 bits per heavy atom. The van der Waals surface area contributed by atoms with Crippen LogP contribution in [0, 0.1) is 34.3 Å². The summed E-state index contributed by atoms with van der Waals surface area (Å²) >= 11 is 0. The molecule has 1 amide bonds. The van der Waals surface area contributed by atoms with Gasteiger partial charge in [0.2, 0.25) is 0 Å².